The largest absolute Gasteiger partial charge is 0.480 e. The number of carbonyl (C=O) groups is 2. The number of carboxylic acid groups (broad SMARTS) is 1. The second-order valence-corrected chi connectivity index (χ2v) is 9.73. The molecule has 0 saturated carbocycles. The molecule has 1 atom stereocenters. The third-order valence-electron chi connectivity index (χ3n) is 7.22. The van der Waals surface area contributed by atoms with Gasteiger partial charge in [0, 0.05) is 24.5 Å². The van der Waals surface area contributed by atoms with Gasteiger partial charge in [0.05, 0.1) is 0 Å². The van der Waals surface area contributed by atoms with Gasteiger partial charge in [-0.15, -0.1) is 0 Å². The first kappa shape index (κ1) is 20.1. The monoisotopic (exact) mass is 396 g/mol. The molecule has 1 aromatic rings. The number of rotatable bonds is 5. The summed E-state index contributed by atoms with van der Waals surface area (Å²) in [5.41, 5.74) is 0.111. The maximum Gasteiger partial charge on any atom is 0.319 e. The molecule has 2 aliphatic heterocycles. The average Bonchev–Trinajstić information content (AvgIpc) is 3.19. The average molecular weight is 397 g/mol. The van der Waals surface area contributed by atoms with Crippen LogP contribution in [-0.4, -0.2) is 52.5 Å². The highest BCUT2D eigenvalue weighted by molar-refractivity contribution is 6.03. The number of nitrogens with zero attached hydrogens (tertiary/aromatic N) is 2. The summed E-state index contributed by atoms with van der Waals surface area (Å²) >= 11 is 0. The zero-order chi connectivity index (χ0) is 20.6. The van der Waals surface area contributed by atoms with Crippen molar-refractivity contribution in [2.45, 2.75) is 52.1 Å². The Kier molecular flexibility index (Phi) is 5.28. The minimum absolute atomic E-state index is 0.0493. The molecule has 0 spiro atoms. The van der Waals surface area contributed by atoms with Crippen molar-refractivity contribution in [3.63, 3.8) is 0 Å². The highest BCUT2D eigenvalue weighted by Crippen LogP contribution is 2.48. The van der Waals surface area contributed by atoms with Crippen molar-refractivity contribution in [3.8, 4) is 0 Å². The standard InChI is InChI=1S/C24H32N2O3/c1-23(2)17-26(21(27)24(22(28)29)12-6-7-13-24)20(23)19-10-14-25(15-11-19)16-18-8-4-3-5-9-18/h3-9,19-20H,10-17H2,1-2H3,(H,28,29). The second kappa shape index (κ2) is 7.60. The summed E-state index contributed by atoms with van der Waals surface area (Å²) in [5.74, 6) is -0.713. The lowest BCUT2D eigenvalue weighted by Gasteiger charge is -2.59. The number of hydrogen-bond donors (Lipinski definition) is 1. The van der Waals surface area contributed by atoms with Crippen molar-refractivity contribution < 1.29 is 14.7 Å². The van der Waals surface area contributed by atoms with E-state index in [1.54, 1.807) is 0 Å². The van der Waals surface area contributed by atoms with E-state index < -0.39 is 11.4 Å². The summed E-state index contributed by atoms with van der Waals surface area (Å²) in [6.07, 6.45) is 6.44. The van der Waals surface area contributed by atoms with Gasteiger partial charge in [-0.05, 0) is 50.3 Å². The molecular formula is C24H32N2O3. The maximum absolute atomic E-state index is 13.3. The van der Waals surface area contributed by atoms with Crippen LogP contribution >= 0.6 is 0 Å². The Bertz CT molecular complexity index is 786. The van der Waals surface area contributed by atoms with E-state index in [1.165, 1.54) is 5.56 Å². The predicted octanol–water partition coefficient (Wildman–Crippen LogP) is 3.56. The predicted molar refractivity (Wildman–Crippen MR) is 112 cm³/mol. The first-order valence-electron chi connectivity index (χ1n) is 10.8. The fourth-order valence-corrected chi connectivity index (χ4v) is 5.67. The quantitative estimate of drug-likeness (QED) is 0.611. The van der Waals surface area contributed by atoms with Gasteiger partial charge in [-0.3, -0.25) is 14.5 Å². The molecule has 5 nitrogen and oxygen atoms in total. The second-order valence-electron chi connectivity index (χ2n) is 9.73. The number of allylic oxidation sites excluding steroid dienone is 2. The van der Waals surface area contributed by atoms with Crippen LogP contribution in [0.4, 0.5) is 0 Å². The zero-order valence-electron chi connectivity index (χ0n) is 17.5. The third kappa shape index (κ3) is 3.61. The minimum atomic E-state index is -1.28. The molecule has 2 heterocycles. The molecule has 2 saturated heterocycles. The Morgan fingerprint density at radius 1 is 1.07 bits per heavy atom. The summed E-state index contributed by atoms with van der Waals surface area (Å²) in [4.78, 5) is 29.7. The smallest absolute Gasteiger partial charge is 0.319 e. The summed E-state index contributed by atoms with van der Waals surface area (Å²) in [6.45, 7) is 8.13. The Morgan fingerprint density at radius 3 is 2.24 bits per heavy atom. The van der Waals surface area contributed by atoms with E-state index in [4.69, 9.17) is 0 Å². The molecule has 1 aliphatic carbocycles. The van der Waals surface area contributed by atoms with E-state index in [9.17, 15) is 14.7 Å². The molecule has 0 bridgehead atoms. The number of carbonyl (C=O) groups excluding carboxylic acids is 1. The van der Waals surface area contributed by atoms with E-state index in [0.717, 1.165) is 32.5 Å². The van der Waals surface area contributed by atoms with Crippen LogP contribution in [0, 0.1) is 16.7 Å². The summed E-state index contributed by atoms with van der Waals surface area (Å²) in [6, 6.07) is 10.7. The van der Waals surface area contributed by atoms with Crippen molar-refractivity contribution in [1.29, 1.82) is 0 Å². The first-order valence-corrected chi connectivity index (χ1v) is 10.8. The molecule has 2 fully saturated rings. The van der Waals surface area contributed by atoms with Crippen LogP contribution in [0.5, 0.6) is 0 Å². The minimum Gasteiger partial charge on any atom is -0.480 e. The number of benzene rings is 1. The van der Waals surface area contributed by atoms with Crippen LogP contribution in [-0.2, 0) is 16.1 Å². The summed E-state index contributed by atoms with van der Waals surface area (Å²) in [7, 11) is 0. The molecular weight excluding hydrogens is 364 g/mol. The summed E-state index contributed by atoms with van der Waals surface area (Å²) < 4.78 is 0. The van der Waals surface area contributed by atoms with Crippen LogP contribution in [0.2, 0.25) is 0 Å². The highest BCUT2D eigenvalue weighted by atomic mass is 16.4. The van der Waals surface area contributed by atoms with Crippen molar-refractivity contribution in [2.24, 2.45) is 16.7 Å². The van der Waals surface area contributed by atoms with Gasteiger partial charge >= 0.3 is 5.97 Å². The van der Waals surface area contributed by atoms with E-state index in [-0.39, 0.29) is 17.4 Å². The Labute approximate surface area is 173 Å². The molecule has 1 N–H and O–H groups in total. The number of carboxylic acids is 1. The van der Waals surface area contributed by atoms with Gasteiger partial charge in [0.1, 0.15) is 0 Å². The van der Waals surface area contributed by atoms with Crippen LogP contribution in [0.1, 0.15) is 45.1 Å². The lowest BCUT2D eigenvalue weighted by Crippen LogP contribution is -2.70. The number of aliphatic carboxylic acids is 1. The van der Waals surface area contributed by atoms with E-state index in [0.29, 0.717) is 25.3 Å². The number of piperidine rings is 1. The Hall–Kier alpha value is -2.14. The van der Waals surface area contributed by atoms with Gasteiger partial charge < -0.3 is 10.0 Å². The van der Waals surface area contributed by atoms with Crippen LogP contribution < -0.4 is 0 Å². The molecule has 1 aromatic carbocycles. The molecule has 1 amide bonds. The maximum atomic E-state index is 13.3. The van der Waals surface area contributed by atoms with Crippen LogP contribution in [0.3, 0.4) is 0 Å². The fourth-order valence-electron chi connectivity index (χ4n) is 5.67. The Balaban J connectivity index is 1.42. The molecule has 5 heteroatoms. The van der Waals surface area contributed by atoms with Crippen molar-refractivity contribution in [1.82, 2.24) is 9.80 Å². The van der Waals surface area contributed by atoms with Crippen LogP contribution in [0.15, 0.2) is 42.5 Å². The third-order valence-corrected chi connectivity index (χ3v) is 7.22. The van der Waals surface area contributed by atoms with E-state index in [2.05, 4.69) is 43.0 Å². The number of likely N-dealkylation sites (tertiary alicyclic amines) is 2. The first-order chi connectivity index (χ1) is 13.8. The molecule has 0 radical (unpaired) electrons. The molecule has 4 rings (SSSR count). The van der Waals surface area contributed by atoms with Gasteiger partial charge in [-0.1, -0.05) is 56.3 Å². The molecule has 0 aromatic heterocycles. The molecule has 3 aliphatic rings. The highest BCUT2D eigenvalue weighted by Gasteiger charge is 2.58. The molecule has 156 valence electrons. The van der Waals surface area contributed by atoms with Crippen molar-refractivity contribution in [2.75, 3.05) is 19.6 Å². The lowest BCUT2D eigenvalue weighted by atomic mass is 9.65. The van der Waals surface area contributed by atoms with Crippen molar-refractivity contribution >= 4 is 11.9 Å². The van der Waals surface area contributed by atoms with Gasteiger partial charge in [-0.25, -0.2) is 0 Å². The number of amides is 1. The summed E-state index contributed by atoms with van der Waals surface area (Å²) in [5, 5.41) is 9.81. The Morgan fingerprint density at radius 2 is 1.69 bits per heavy atom. The van der Waals surface area contributed by atoms with Gasteiger partial charge in [-0.2, -0.15) is 0 Å². The fraction of sp³-hybridized carbons (Fsp3) is 0.583. The van der Waals surface area contributed by atoms with Gasteiger partial charge in [0.15, 0.2) is 5.41 Å². The van der Waals surface area contributed by atoms with E-state index in [1.807, 2.05) is 23.1 Å². The van der Waals surface area contributed by atoms with Crippen LogP contribution in [0.25, 0.3) is 0 Å². The normalized spacial score (nSPS) is 26.3. The topological polar surface area (TPSA) is 60.9 Å². The molecule has 29 heavy (non-hydrogen) atoms. The number of hydrogen-bond acceptors (Lipinski definition) is 3. The van der Waals surface area contributed by atoms with Gasteiger partial charge in [0.25, 0.3) is 0 Å². The van der Waals surface area contributed by atoms with Crippen molar-refractivity contribution in [3.05, 3.63) is 48.0 Å². The SMILES string of the molecule is CC1(C)CN(C(=O)C2(C(=O)O)CC=CC2)C1C1CCN(Cc2ccccc2)CC1. The zero-order valence-corrected chi connectivity index (χ0v) is 17.5. The van der Waals surface area contributed by atoms with E-state index >= 15 is 0 Å². The lowest BCUT2D eigenvalue weighted by molar-refractivity contribution is -0.177. The van der Waals surface area contributed by atoms with Gasteiger partial charge in [0.2, 0.25) is 5.91 Å². The molecule has 1 unspecified atom stereocenters.